The van der Waals surface area contributed by atoms with Gasteiger partial charge < -0.3 is 14.3 Å². The average molecular weight is 282 g/mol. The predicted molar refractivity (Wildman–Crippen MR) is 81.1 cm³/mol. The van der Waals surface area contributed by atoms with Crippen LogP contribution >= 0.6 is 0 Å². The molecule has 1 atom stereocenters. The number of hydrogen-bond acceptors (Lipinski definition) is 3. The van der Waals surface area contributed by atoms with E-state index >= 15 is 0 Å². The van der Waals surface area contributed by atoms with Gasteiger partial charge in [0.25, 0.3) is 0 Å². The van der Waals surface area contributed by atoms with Crippen molar-refractivity contribution in [3.05, 3.63) is 59.2 Å². The summed E-state index contributed by atoms with van der Waals surface area (Å²) in [6.45, 7) is 3.21. The summed E-state index contributed by atoms with van der Waals surface area (Å²) in [6.07, 6.45) is 1.69. The van der Waals surface area contributed by atoms with Gasteiger partial charge in [0, 0.05) is 5.92 Å². The fraction of sp³-hybridized carbons (Fsp3) is 0.278. The van der Waals surface area contributed by atoms with Gasteiger partial charge in [-0.3, -0.25) is 0 Å². The number of carbonyl (C=O) groups excluding carboxylic acids is 1. The van der Waals surface area contributed by atoms with E-state index in [1.54, 1.807) is 0 Å². The molecule has 0 radical (unpaired) electrons. The molecule has 2 aromatic carbocycles. The average Bonchev–Trinajstić information content (AvgIpc) is 2.53. The monoisotopic (exact) mass is 282 g/mol. The minimum atomic E-state index is -0.131. The number of hydrogen-bond donors (Lipinski definition) is 0. The molecule has 0 saturated carbocycles. The van der Waals surface area contributed by atoms with Crippen LogP contribution in [0, 0.1) is 6.92 Å². The molecule has 1 aliphatic rings. The fourth-order valence-electron chi connectivity index (χ4n) is 2.53. The fourth-order valence-corrected chi connectivity index (χ4v) is 2.53. The third-order valence-corrected chi connectivity index (χ3v) is 3.73. The first kappa shape index (κ1) is 13.7. The van der Waals surface area contributed by atoms with E-state index in [0.717, 1.165) is 28.9 Å². The van der Waals surface area contributed by atoms with Crippen LogP contribution in [0.3, 0.4) is 0 Å². The second-order valence-electron chi connectivity index (χ2n) is 5.34. The number of benzene rings is 2. The summed E-state index contributed by atoms with van der Waals surface area (Å²) in [5.74, 6) is 1.42. The van der Waals surface area contributed by atoms with Crippen LogP contribution < -0.4 is 9.47 Å². The van der Waals surface area contributed by atoms with Crippen LogP contribution in [-0.2, 0) is 11.2 Å². The Kier molecular flexibility index (Phi) is 3.91. The summed E-state index contributed by atoms with van der Waals surface area (Å²) in [4.78, 5) is 11.4. The van der Waals surface area contributed by atoms with Gasteiger partial charge in [0.15, 0.2) is 11.5 Å². The van der Waals surface area contributed by atoms with E-state index in [1.165, 1.54) is 5.56 Å². The molecular weight excluding hydrogens is 264 g/mol. The molecule has 3 nitrogen and oxygen atoms in total. The topological polar surface area (TPSA) is 35.5 Å². The van der Waals surface area contributed by atoms with Crippen molar-refractivity contribution in [1.82, 2.24) is 0 Å². The van der Waals surface area contributed by atoms with E-state index in [0.29, 0.717) is 19.6 Å². The van der Waals surface area contributed by atoms with E-state index in [1.807, 2.05) is 49.4 Å². The number of ether oxygens (including phenoxy) is 2. The summed E-state index contributed by atoms with van der Waals surface area (Å²) < 4.78 is 11.1. The molecule has 0 N–H and O–H groups in total. The molecular formula is C18H18O3. The lowest BCUT2D eigenvalue weighted by Gasteiger charge is -2.19. The van der Waals surface area contributed by atoms with Crippen LogP contribution in [0.5, 0.6) is 11.5 Å². The largest absolute Gasteiger partial charge is 0.486 e. The molecule has 2 aromatic rings. The highest BCUT2D eigenvalue weighted by molar-refractivity contribution is 5.63. The molecule has 3 heteroatoms. The summed E-state index contributed by atoms with van der Waals surface area (Å²) in [5, 5.41) is 0. The normalized spacial score (nSPS) is 14.5. The first-order valence-electron chi connectivity index (χ1n) is 7.16. The highest BCUT2D eigenvalue weighted by Gasteiger charge is 2.15. The number of aryl methyl sites for hydroxylation is 1. The van der Waals surface area contributed by atoms with Gasteiger partial charge in [-0.05, 0) is 36.6 Å². The predicted octanol–water partition coefficient (Wildman–Crippen LogP) is 3.29. The molecule has 0 amide bonds. The first-order valence-corrected chi connectivity index (χ1v) is 7.16. The van der Waals surface area contributed by atoms with E-state index in [9.17, 15) is 4.79 Å². The maximum Gasteiger partial charge on any atom is 0.161 e. The van der Waals surface area contributed by atoms with Gasteiger partial charge in [0.1, 0.15) is 19.5 Å². The Hall–Kier alpha value is -2.29. The van der Waals surface area contributed by atoms with Gasteiger partial charge in [-0.25, -0.2) is 0 Å². The Balaban J connectivity index is 1.80. The minimum Gasteiger partial charge on any atom is -0.486 e. The smallest absolute Gasteiger partial charge is 0.161 e. The van der Waals surface area contributed by atoms with Crippen LogP contribution in [0.4, 0.5) is 0 Å². The maximum atomic E-state index is 11.4. The Morgan fingerprint density at radius 3 is 2.48 bits per heavy atom. The van der Waals surface area contributed by atoms with Crippen LogP contribution in [0.25, 0.3) is 0 Å². The van der Waals surface area contributed by atoms with Crippen molar-refractivity contribution in [1.29, 1.82) is 0 Å². The van der Waals surface area contributed by atoms with Crippen molar-refractivity contribution < 1.29 is 14.3 Å². The van der Waals surface area contributed by atoms with Crippen molar-refractivity contribution in [2.75, 3.05) is 13.2 Å². The van der Waals surface area contributed by atoms with Crippen molar-refractivity contribution >= 4 is 6.29 Å². The van der Waals surface area contributed by atoms with E-state index in [2.05, 4.69) is 0 Å². The zero-order valence-electron chi connectivity index (χ0n) is 12.0. The van der Waals surface area contributed by atoms with Crippen molar-refractivity contribution in [3.8, 4) is 11.5 Å². The van der Waals surface area contributed by atoms with Crippen LogP contribution in [-0.4, -0.2) is 19.5 Å². The maximum absolute atomic E-state index is 11.4. The molecule has 1 aliphatic heterocycles. The molecule has 21 heavy (non-hydrogen) atoms. The van der Waals surface area contributed by atoms with E-state index in [-0.39, 0.29) is 5.92 Å². The van der Waals surface area contributed by atoms with Crippen molar-refractivity contribution in [2.24, 2.45) is 0 Å². The van der Waals surface area contributed by atoms with Gasteiger partial charge in [-0.1, -0.05) is 35.9 Å². The van der Waals surface area contributed by atoms with Crippen LogP contribution in [0.1, 0.15) is 22.6 Å². The number of fused-ring (bicyclic) bond motifs is 1. The summed E-state index contributed by atoms with van der Waals surface area (Å²) in [7, 11) is 0. The highest BCUT2D eigenvalue weighted by Crippen LogP contribution is 2.32. The zero-order chi connectivity index (χ0) is 14.7. The third kappa shape index (κ3) is 3.07. The molecule has 1 unspecified atom stereocenters. The van der Waals surface area contributed by atoms with Crippen molar-refractivity contribution in [2.45, 2.75) is 19.3 Å². The molecule has 0 spiro atoms. The molecule has 0 bridgehead atoms. The summed E-state index contributed by atoms with van der Waals surface area (Å²) in [5.41, 5.74) is 3.32. The van der Waals surface area contributed by atoms with Gasteiger partial charge in [0.05, 0.1) is 0 Å². The second kappa shape index (κ2) is 6.00. The molecule has 1 heterocycles. The van der Waals surface area contributed by atoms with E-state index < -0.39 is 0 Å². The molecule has 0 saturated heterocycles. The Bertz CT molecular complexity index is 631. The highest BCUT2D eigenvalue weighted by atomic mass is 16.6. The standard InChI is InChI=1S/C18H18O3/c1-13-2-5-15(6-3-13)16(12-19)10-14-4-7-17-18(11-14)21-9-8-20-17/h2-7,11-12,16H,8-10H2,1H3. The lowest BCUT2D eigenvalue weighted by Crippen LogP contribution is -2.15. The Labute approximate surface area is 124 Å². The minimum absolute atomic E-state index is 0.131. The Morgan fingerprint density at radius 2 is 1.76 bits per heavy atom. The number of carbonyl (C=O) groups is 1. The number of aldehydes is 1. The SMILES string of the molecule is Cc1ccc(C(C=O)Cc2ccc3c(c2)OCCO3)cc1. The van der Waals surface area contributed by atoms with Crippen LogP contribution in [0.2, 0.25) is 0 Å². The second-order valence-corrected chi connectivity index (χ2v) is 5.34. The molecule has 0 aliphatic carbocycles. The third-order valence-electron chi connectivity index (χ3n) is 3.73. The molecule has 0 aromatic heterocycles. The van der Waals surface area contributed by atoms with Gasteiger partial charge in [-0.15, -0.1) is 0 Å². The van der Waals surface area contributed by atoms with E-state index in [4.69, 9.17) is 9.47 Å². The van der Waals surface area contributed by atoms with Gasteiger partial charge >= 0.3 is 0 Å². The van der Waals surface area contributed by atoms with Crippen molar-refractivity contribution in [3.63, 3.8) is 0 Å². The molecule has 3 rings (SSSR count). The van der Waals surface area contributed by atoms with Gasteiger partial charge in [0.2, 0.25) is 0 Å². The van der Waals surface area contributed by atoms with Gasteiger partial charge in [-0.2, -0.15) is 0 Å². The molecule has 108 valence electrons. The first-order chi connectivity index (χ1) is 10.3. The lowest BCUT2D eigenvalue weighted by molar-refractivity contribution is -0.109. The number of rotatable bonds is 4. The zero-order valence-corrected chi connectivity index (χ0v) is 12.0. The quantitative estimate of drug-likeness (QED) is 0.807. The summed E-state index contributed by atoms with van der Waals surface area (Å²) in [6, 6.07) is 14.0. The van der Waals surface area contributed by atoms with Crippen LogP contribution in [0.15, 0.2) is 42.5 Å². The Morgan fingerprint density at radius 1 is 1.05 bits per heavy atom. The summed E-state index contributed by atoms with van der Waals surface area (Å²) >= 11 is 0. The lowest BCUT2D eigenvalue weighted by atomic mass is 9.92. The molecule has 0 fully saturated rings.